The number of nitrogens with zero attached hydrogens (tertiary/aromatic N) is 3. The van der Waals surface area contributed by atoms with Crippen molar-refractivity contribution in [2.45, 2.75) is 6.92 Å². The number of aryl methyl sites for hydroxylation is 1. The van der Waals surface area contributed by atoms with Crippen molar-refractivity contribution in [1.82, 2.24) is 15.0 Å². The lowest BCUT2D eigenvalue weighted by Gasteiger charge is -1.76. The minimum absolute atomic E-state index is 0.903. The van der Waals surface area contributed by atoms with E-state index in [9.17, 15) is 0 Å². The first kappa shape index (κ1) is 6.01. The van der Waals surface area contributed by atoms with E-state index in [-0.39, 0.29) is 0 Å². The van der Waals surface area contributed by atoms with E-state index >= 15 is 0 Å². The van der Waals surface area contributed by atoms with Crippen LogP contribution in [0.2, 0.25) is 0 Å². The molecule has 0 aliphatic carbocycles. The van der Waals surface area contributed by atoms with Gasteiger partial charge in [-0.25, -0.2) is 0 Å². The fourth-order valence-corrected chi connectivity index (χ4v) is 0.612. The molecule has 0 spiro atoms. The van der Waals surface area contributed by atoms with Crippen molar-refractivity contribution >= 4 is 6.08 Å². The molecule has 0 aliphatic heterocycles. The zero-order chi connectivity index (χ0) is 6.69. The molecule has 3 heteroatoms. The second kappa shape index (κ2) is 2.44. The van der Waals surface area contributed by atoms with E-state index in [0.29, 0.717) is 0 Å². The van der Waals surface area contributed by atoms with Crippen LogP contribution >= 0.6 is 0 Å². The maximum atomic E-state index is 3.83. The number of hydrogen-bond acceptors (Lipinski definition) is 2. The molecule has 0 fully saturated rings. The molecule has 1 heterocycles. The van der Waals surface area contributed by atoms with Gasteiger partial charge >= 0.3 is 0 Å². The second-order valence-electron chi connectivity index (χ2n) is 1.82. The average molecular weight is 123 g/mol. The van der Waals surface area contributed by atoms with E-state index in [1.54, 1.807) is 4.68 Å². The molecule has 0 amide bonds. The van der Waals surface area contributed by atoms with Gasteiger partial charge in [0.1, 0.15) is 5.69 Å². The summed E-state index contributed by atoms with van der Waals surface area (Å²) in [6.45, 7) is 1.95. The molecule has 3 nitrogen and oxygen atoms in total. The summed E-state index contributed by atoms with van der Waals surface area (Å²) >= 11 is 0. The maximum Gasteiger partial charge on any atom is 0.105 e. The topological polar surface area (TPSA) is 30.7 Å². The van der Waals surface area contributed by atoms with Gasteiger partial charge in [-0.3, -0.25) is 4.68 Å². The summed E-state index contributed by atoms with van der Waals surface area (Å²) in [6.07, 6.45) is 5.71. The fourth-order valence-electron chi connectivity index (χ4n) is 0.612. The van der Waals surface area contributed by atoms with Gasteiger partial charge in [-0.05, 0) is 13.0 Å². The SMILES string of the molecule is C/C=C/c1cn(C)nn1. The molecule has 1 aromatic heterocycles. The molecule has 1 aromatic rings. The van der Waals surface area contributed by atoms with Crippen LogP contribution in [0.5, 0.6) is 0 Å². The summed E-state index contributed by atoms with van der Waals surface area (Å²) in [4.78, 5) is 0. The van der Waals surface area contributed by atoms with E-state index in [0.717, 1.165) is 5.69 Å². The minimum atomic E-state index is 0.903. The molecule has 9 heavy (non-hydrogen) atoms. The van der Waals surface area contributed by atoms with Crippen LogP contribution in [0.3, 0.4) is 0 Å². The summed E-state index contributed by atoms with van der Waals surface area (Å²) in [6, 6.07) is 0. The van der Waals surface area contributed by atoms with E-state index in [1.807, 2.05) is 32.3 Å². The normalized spacial score (nSPS) is 10.9. The van der Waals surface area contributed by atoms with Crippen molar-refractivity contribution < 1.29 is 0 Å². The molecule has 0 aromatic carbocycles. The van der Waals surface area contributed by atoms with Gasteiger partial charge in [0.25, 0.3) is 0 Å². The van der Waals surface area contributed by atoms with Crippen molar-refractivity contribution in [1.29, 1.82) is 0 Å². The van der Waals surface area contributed by atoms with Crippen molar-refractivity contribution in [3.05, 3.63) is 18.0 Å². The monoisotopic (exact) mass is 123 g/mol. The Morgan fingerprint density at radius 2 is 2.44 bits per heavy atom. The van der Waals surface area contributed by atoms with Crippen LogP contribution < -0.4 is 0 Å². The third kappa shape index (κ3) is 1.38. The predicted molar refractivity (Wildman–Crippen MR) is 35.7 cm³/mol. The molecule has 0 atom stereocenters. The Kier molecular flexibility index (Phi) is 1.63. The Hall–Kier alpha value is -1.12. The summed E-state index contributed by atoms with van der Waals surface area (Å²) in [5, 5.41) is 7.58. The number of rotatable bonds is 1. The lowest BCUT2D eigenvalue weighted by Crippen LogP contribution is -1.85. The smallest absolute Gasteiger partial charge is 0.105 e. The van der Waals surface area contributed by atoms with Crippen molar-refractivity contribution in [2.75, 3.05) is 0 Å². The number of allylic oxidation sites excluding steroid dienone is 1. The first-order valence-corrected chi connectivity index (χ1v) is 2.82. The molecule has 0 saturated heterocycles. The molecule has 0 aliphatic rings. The Balaban J connectivity index is 2.85. The van der Waals surface area contributed by atoms with Crippen LogP contribution in [-0.2, 0) is 7.05 Å². The van der Waals surface area contributed by atoms with Crippen LogP contribution in [0.25, 0.3) is 6.08 Å². The van der Waals surface area contributed by atoms with Gasteiger partial charge in [0.2, 0.25) is 0 Å². The molecule has 0 unspecified atom stereocenters. The molecular formula is C6H9N3. The minimum Gasteiger partial charge on any atom is -0.255 e. The molecule has 1 rings (SSSR count). The van der Waals surface area contributed by atoms with Gasteiger partial charge in [0, 0.05) is 7.05 Å². The molecule has 0 N–H and O–H groups in total. The highest BCUT2D eigenvalue weighted by molar-refractivity contribution is 5.41. The lowest BCUT2D eigenvalue weighted by molar-refractivity contribution is 0.714. The highest BCUT2D eigenvalue weighted by Gasteiger charge is 1.88. The highest BCUT2D eigenvalue weighted by Crippen LogP contribution is 1.92. The molecule has 48 valence electrons. The molecule has 0 saturated carbocycles. The van der Waals surface area contributed by atoms with Crippen LogP contribution in [0.15, 0.2) is 12.3 Å². The fraction of sp³-hybridized carbons (Fsp3) is 0.333. The predicted octanol–water partition coefficient (Wildman–Crippen LogP) is 0.848. The number of hydrogen-bond donors (Lipinski definition) is 0. The Bertz CT molecular complexity index is 212. The lowest BCUT2D eigenvalue weighted by atomic mass is 10.4. The van der Waals surface area contributed by atoms with E-state index in [2.05, 4.69) is 10.3 Å². The molecule has 0 bridgehead atoms. The van der Waals surface area contributed by atoms with Gasteiger partial charge in [-0.15, -0.1) is 5.10 Å². The Morgan fingerprint density at radius 3 is 2.89 bits per heavy atom. The zero-order valence-corrected chi connectivity index (χ0v) is 5.57. The van der Waals surface area contributed by atoms with Gasteiger partial charge in [-0.1, -0.05) is 11.3 Å². The summed E-state index contributed by atoms with van der Waals surface area (Å²) in [7, 11) is 1.85. The van der Waals surface area contributed by atoms with E-state index in [4.69, 9.17) is 0 Å². The standard InChI is InChI=1S/C6H9N3/c1-3-4-6-5-9(2)8-7-6/h3-5H,1-2H3/b4-3+. The van der Waals surface area contributed by atoms with Crippen molar-refractivity contribution in [3.63, 3.8) is 0 Å². The van der Waals surface area contributed by atoms with Crippen molar-refractivity contribution in [2.24, 2.45) is 7.05 Å². The highest BCUT2D eigenvalue weighted by atomic mass is 15.4. The quantitative estimate of drug-likeness (QED) is 0.554. The number of aromatic nitrogens is 3. The molecular weight excluding hydrogens is 114 g/mol. The summed E-state index contributed by atoms with van der Waals surface area (Å²) < 4.78 is 1.68. The van der Waals surface area contributed by atoms with Crippen LogP contribution in [0.4, 0.5) is 0 Å². The van der Waals surface area contributed by atoms with Crippen LogP contribution in [-0.4, -0.2) is 15.0 Å². The summed E-state index contributed by atoms with van der Waals surface area (Å²) in [5.41, 5.74) is 0.903. The molecule has 0 radical (unpaired) electrons. The van der Waals surface area contributed by atoms with Gasteiger partial charge < -0.3 is 0 Å². The van der Waals surface area contributed by atoms with Crippen molar-refractivity contribution in [3.8, 4) is 0 Å². The van der Waals surface area contributed by atoms with Gasteiger partial charge in [0.05, 0.1) is 6.20 Å². The first-order chi connectivity index (χ1) is 4.33. The van der Waals surface area contributed by atoms with Gasteiger partial charge in [0.15, 0.2) is 0 Å². The van der Waals surface area contributed by atoms with Crippen LogP contribution in [0, 0.1) is 0 Å². The largest absolute Gasteiger partial charge is 0.255 e. The Labute approximate surface area is 54.0 Å². The third-order valence-electron chi connectivity index (χ3n) is 0.958. The zero-order valence-electron chi connectivity index (χ0n) is 5.57. The van der Waals surface area contributed by atoms with E-state index in [1.165, 1.54) is 0 Å². The average Bonchev–Trinajstić information content (AvgIpc) is 2.17. The maximum absolute atomic E-state index is 3.83. The first-order valence-electron chi connectivity index (χ1n) is 2.82. The second-order valence-corrected chi connectivity index (χ2v) is 1.82. The van der Waals surface area contributed by atoms with Gasteiger partial charge in [-0.2, -0.15) is 0 Å². The van der Waals surface area contributed by atoms with Crippen LogP contribution in [0.1, 0.15) is 12.6 Å². The van der Waals surface area contributed by atoms with E-state index < -0.39 is 0 Å². The Morgan fingerprint density at radius 1 is 1.67 bits per heavy atom. The summed E-state index contributed by atoms with van der Waals surface area (Å²) in [5.74, 6) is 0. The third-order valence-corrected chi connectivity index (χ3v) is 0.958.